The van der Waals surface area contributed by atoms with Crippen molar-refractivity contribution in [1.82, 2.24) is 5.32 Å². The first kappa shape index (κ1) is 20.6. The highest BCUT2D eigenvalue weighted by Gasteiger charge is 2.10. The van der Waals surface area contributed by atoms with Crippen molar-refractivity contribution in [2.24, 2.45) is 0 Å². The van der Waals surface area contributed by atoms with Crippen molar-refractivity contribution in [3.63, 3.8) is 0 Å². The molecule has 3 rings (SSSR count). The van der Waals surface area contributed by atoms with Gasteiger partial charge in [0.15, 0.2) is 0 Å². The SMILES string of the molecule is COCCNC(=O)/C(C#N)=C/c1ccc(-c2ccc3cc(N(C)C)ccc3c2)s1. The Morgan fingerprint density at radius 3 is 2.66 bits per heavy atom. The van der Waals surface area contributed by atoms with E-state index in [-0.39, 0.29) is 11.5 Å². The van der Waals surface area contributed by atoms with Crippen molar-refractivity contribution in [2.75, 3.05) is 39.3 Å². The summed E-state index contributed by atoms with van der Waals surface area (Å²) < 4.78 is 4.91. The van der Waals surface area contributed by atoms with Crippen molar-refractivity contribution >= 4 is 39.8 Å². The third kappa shape index (κ3) is 5.02. The molecule has 0 aliphatic heterocycles. The number of benzene rings is 2. The highest BCUT2D eigenvalue weighted by atomic mass is 32.1. The van der Waals surface area contributed by atoms with Crippen molar-refractivity contribution in [3.05, 3.63) is 59.0 Å². The Kier molecular flexibility index (Phi) is 6.65. The molecule has 6 heteroatoms. The number of methoxy groups -OCH3 is 1. The number of nitrogens with one attached hydrogen (secondary N) is 1. The van der Waals surface area contributed by atoms with Crippen molar-refractivity contribution in [1.29, 1.82) is 5.26 Å². The van der Waals surface area contributed by atoms with E-state index in [2.05, 4.69) is 46.6 Å². The molecule has 0 bridgehead atoms. The quantitative estimate of drug-likeness (QED) is 0.361. The molecule has 5 nitrogen and oxygen atoms in total. The lowest BCUT2D eigenvalue weighted by Crippen LogP contribution is -2.27. The molecule has 1 amide bonds. The maximum Gasteiger partial charge on any atom is 0.262 e. The molecule has 0 atom stereocenters. The van der Waals surface area contributed by atoms with E-state index < -0.39 is 0 Å². The number of ether oxygens (including phenoxy) is 1. The zero-order valence-electron chi connectivity index (χ0n) is 16.7. The molecule has 3 aromatic rings. The summed E-state index contributed by atoms with van der Waals surface area (Å²) in [6.45, 7) is 0.780. The Hall–Kier alpha value is -3.14. The lowest BCUT2D eigenvalue weighted by atomic mass is 10.1. The Morgan fingerprint density at radius 2 is 1.93 bits per heavy atom. The second-order valence-corrected chi connectivity index (χ2v) is 7.88. The van der Waals surface area contributed by atoms with Gasteiger partial charge < -0.3 is 15.0 Å². The number of nitriles is 1. The van der Waals surface area contributed by atoms with Crippen LogP contribution in [-0.4, -0.2) is 40.3 Å². The molecule has 0 fully saturated rings. The van der Waals surface area contributed by atoms with Gasteiger partial charge in [0.25, 0.3) is 5.91 Å². The number of fused-ring (bicyclic) bond motifs is 1. The molecule has 2 aromatic carbocycles. The number of hydrogen-bond acceptors (Lipinski definition) is 5. The summed E-state index contributed by atoms with van der Waals surface area (Å²) in [5.74, 6) is -0.387. The molecule has 0 aliphatic carbocycles. The second kappa shape index (κ2) is 9.37. The summed E-state index contributed by atoms with van der Waals surface area (Å²) in [5, 5.41) is 14.3. The highest BCUT2D eigenvalue weighted by Crippen LogP contribution is 2.32. The van der Waals surface area contributed by atoms with Crippen molar-refractivity contribution in [2.45, 2.75) is 0 Å². The monoisotopic (exact) mass is 405 g/mol. The number of amides is 1. The maximum atomic E-state index is 12.1. The van der Waals surface area contributed by atoms with Gasteiger partial charge >= 0.3 is 0 Å². The molecule has 1 aromatic heterocycles. The minimum atomic E-state index is -0.387. The van der Waals surface area contributed by atoms with E-state index in [9.17, 15) is 10.1 Å². The van der Waals surface area contributed by atoms with Crippen LogP contribution in [0.3, 0.4) is 0 Å². The van der Waals surface area contributed by atoms with Crippen LogP contribution in [0.15, 0.2) is 54.1 Å². The number of carbonyl (C=O) groups excluding carboxylic acids is 1. The number of carbonyl (C=O) groups is 1. The first-order valence-corrected chi connectivity index (χ1v) is 10.0. The van der Waals surface area contributed by atoms with Gasteiger partial charge in [-0.05, 0) is 52.7 Å². The molecule has 0 aliphatic rings. The van der Waals surface area contributed by atoms with Crippen molar-refractivity contribution < 1.29 is 9.53 Å². The van der Waals surface area contributed by atoms with Gasteiger partial charge in [-0.3, -0.25) is 4.79 Å². The van der Waals surface area contributed by atoms with E-state index in [4.69, 9.17) is 4.74 Å². The summed E-state index contributed by atoms with van der Waals surface area (Å²) in [6.07, 6.45) is 1.63. The molecule has 0 unspecified atom stereocenters. The van der Waals surface area contributed by atoms with Crippen molar-refractivity contribution in [3.8, 4) is 16.5 Å². The van der Waals surface area contributed by atoms with Gasteiger partial charge in [0, 0.05) is 43.2 Å². The van der Waals surface area contributed by atoms with Crippen LogP contribution in [0, 0.1) is 11.3 Å². The number of anilines is 1. The predicted octanol–water partition coefficient (Wildman–Crippen LogP) is 4.30. The topological polar surface area (TPSA) is 65.4 Å². The lowest BCUT2D eigenvalue weighted by Gasteiger charge is -2.13. The van der Waals surface area contributed by atoms with E-state index in [0.717, 1.165) is 15.3 Å². The second-order valence-electron chi connectivity index (χ2n) is 6.76. The minimum absolute atomic E-state index is 0.0872. The Morgan fingerprint density at radius 1 is 1.17 bits per heavy atom. The molecule has 1 heterocycles. The summed E-state index contributed by atoms with van der Waals surface area (Å²) >= 11 is 1.55. The number of nitrogens with zero attached hydrogens (tertiary/aromatic N) is 2. The van der Waals surface area contributed by atoms with Crippen LogP contribution >= 0.6 is 11.3 Å². The fraction of sp³-hybridized carbons (Fsp3) is 0.217. The van der Waals surface area contributed by atoms with Gasteiger partial charge in [-0.1, -0.05) is 18.2 Å². The van der Waals surface area contributed by atoms with Gasteiger partial charge in [0.2, 0.25) is 0 Å². The van der Waals surface area contributed by atoms with Crippen LogP contribution in [0.1, 0.15) is 4.88 Å². The standard InChI is InChI=1S/C23H23N3O2S/c1-26(2)20-7-6-16-12-18(5-4-17(16)13-20)22-9-8-21(29-22)14-19(15-24)23(27)25-10-11-28-3/h4-9,12-14H,10-11H2,1-3H3,(H,25,27)/b19-14+. The van der Waals surface area contributed by atoms with Crippen LogP contribution in [0.4, 0.5) is 5.69 Å². The van der Waals surface area contributed by atoms with Crippen LogP contribution in [0.25, 0.3) is 27.3 Å². The average molecular weight is 406 g/mol. The van der Waals surface area contributed by atoms with Crippen LogP contribution in [-0.2, 0) is 9.53 Å². The highest BCUT2D eigenvalue weighted by molar-refractivity contribution is 7.16. The van der Waals surface area contributed by atoms with Gasteiger partial charge in [0.05, 0.1) is 6.61 Å². The fourth-order valence-electron chi connectivity index (χ4n) is 2.90. The van der Waals surface area contributed by atoms with Crippen LogP contribution in [0.5, 0.6) is 0 Å². The summed E-state index contributed by atoms with van der Waals surface area (Å²) in [5.41, 5.74) is 2.37. The largest absolute Gasteiger partial charge is 0.383 e. The molecule has 0 saturated heterocycles. The van der Waals surface area contributed by atoms with E-state index in [1.165, 1.54) is 16.5 Å². The van der Waals surface area contributed by atoms with Gasteiger partial charge in [0.1, 0.15) is 11.6 Å². The molecule has 0 radical (unpaired) electrons. The molecular weight excluding hydrogens is 382 g/mol. The first-order chi connectivity index (χ1) is 14.0. The summed E-state index contributed by atoms with van der Waals surface area (Å²) in [7, 11) is 5.63. The average Bonchev–Trinajstić information content (AvgIpc) is 3.20. The normalized spacial score (nSPS) is 11.3. The van der Waals surface area contributed by atoms with E-state index in [1.54, 1.807) is 24.5 Å². The lowest BCUT2D eigenvalue weighted by molar-refractivity contribution is -0.117. The maximum absolute atomic E-state index is 12.1. The predicted molar refractivity (Wildman–Crippen MR) is 120 cm³/mol. The first-order valence-electron chi connectivity index (χ1n) is 9.22. The van der Waals surface area contributed by atoms with Gasteiger partial charge in [-0.2, -0.15) is 5.26 Å². The van der Waals surface area contributed by atoms with E-state index >= 15 is 0 Å². The van der Waals surface area contributed by atoms with Crippen LogP contribution < -0.4 is 10.2 Å². The van der Waals surface area contributed by atoms with Crippen LogP contribution in [0.2, 0.25) is 0 Å². The van der Waals surface area contributed by atoms with E-state index in [0.29, 0.717) is 13.2 Å². The molecule has 1 N–H and O–H groups in total. The number of thiophene rings is 1. The summed E-state index contributed by atoms with van der Waals surface area (Å²) in [6, 6.07) is 18.7. The van der Waals surface area contributed by atoms with E-state index in [1.807, 2.05) is 32.3 Å². The number of hydrogen-bond donors (Lipinski definition) is 1. The molecule has 0 saturated carbocycles. The Balaban J connectivity index is 1.82. The third-order valence-corrected chi connectivity index (χ3v) is 5.58. The smallest absolute Gasteiger partial charge is 0.262 e. The Bertz CT molecular complexity index is 1090. The summed E-state index contributed by atoms with van der Waals surface area (Å²) in [4.78, 5) is 16.1. The third-order valence-electron chi connectivity index (χ3n) is 4.49. The Labute approximate surface area is 174 Å². The zero-order valence-corrected chi connectivity index (χ0v) is 17.5. The fourth-order valence-corrected chi connectivity index (χ4v) is 3.85. The number of rotatable bonds is 7. The minimum Gasteiger partial charge on any atom is -0.383 e. The molecule has 0 spiro atoms. The zero-order chi connectivity index (χ0) is 20.8. The molecule has 148 valence electrons. The van der Waals surface area contributed by atoms with Gasteiger partial charge in [-0.25, -0.2) is 0 Å². The van der Waals surface area contributed by atoms with Gasteiger partial charge in [-0.15, -0.1) is 11.3 Å². The molecule has 29 heavy (non-hydrogen) atoms. The molecular formula is C23H23N3O2S.